The molecule has 0 saturated carbocycles. The monoisotopic (exact) mass is 322 g/mol. The van der Waals surface area contributed by atoms with Gasteiger partial charge in [-0.2, -0.15) is 0 Å². The maximum atomic E-state index is 14.2. The van der Waals surface area contributed by atoms with Crippen molar-refractivity contribution in [2.45, 2.75) is 18.9 Å². The number of amides is 1. The Balaban J connectivity index is 1.95. The first kappa shape index (κ1) is 14.8. The second-order valence-corrected chi connectivity index (χ2v) is 6.21. The Hall–Kier alpha value is -2.79. The smallest absolute Gasteiger partial charge is 0.263 e. The molecule has 0 bridgehead atoms. The summed E-state index contributed by atoms with van der Waals surface area (Å²) in [5.41, 5.74) is 0.419. The highest BCUT2D eigenvalue weighted by molar-refractivity contribution is 6.08. The molecule has 1 aliphatic heterocycles. The summed E-state index contributed by atoms with van der Waals surface area (Å²) in [5, 5.41) is 11.3. The fourth-order valence-electron chi connectivity index (χ4n) is 3.14. The highest BCUT2D eigenvalue weighted by Crippen LogP contribution is 2.39. The van der Waals surface area contributed by atoms with Crippen molar-refractivity contribution >= 4 is 28.2 Å². The Kier molecular flexibility index (Phi) is 3.15. The molecule has 1 N–H and O–H groups in total. The third kappa shape index (κ3) is 2.17. The molecule has 4 rings (SSSR count). The van der Waals surface area contributed by atoms with Crippen LogP contribution in [0.4, 0.5) is 15.8 Å². The Bertz CT molecular complexity index is 968. The summed E-state index contributed by atoms with van der Waals surface area (Å²) in [6.45, 7) is 1.41. The number of carbonyl (C=O) groups is 1. The van der Waals surface area contributed by atoms with Crippen LogP contribution in [0.15, 0.2) is 54.7 Å². The molecule has 0 spiro atoms. The molecule has 1 aliphatic rings. The summed E-state index contributed by atoms with van der Waals surface area (Å²) in [6, 6.07) is 13.9. The van der Waals surface area contributed by atoms with Gasteiger partial charge < -0.3 is 5.11 Å². The number of halogens is 1. The van der Waals surface area contributed by atoms with E-state index in [0.717, 1.165) is 10.9 Å². The number of aliphatic hydroxyl groups is 1. The maximum Gasteiger partial charge on any atom is 0.263 e. The van der Waals surface area contributed by atoms with Gasteiger partial charge in [-0.25, -0.2) is 4.39 Å². The van der Waals surface area contributed by atoms with Gasteiger partial charge in [-0.3, -0.25) is 14.7 Å². The molecule has 0 saturated heterocycles. The second-order valence-electron chi connectivity index (χ2n) is 6.21. The first-order valence-electron chi connectivity index (χ1n) is 7.66. The number of carbonyl (C=O) groups excluding carboxylic acids is 1. The zero-order chi connectivity index (χ0) is 16.9. The molecular formula is C19H15FN2O2. The standard InChI is InChI=1S/C19H15FN2O2/c1-19(24)10-14-15(20)6-4-8-17(14)22(18(19)23)13-9-12-5-2-3-7-16(12)21-11-13/h2-9,11,24H,10H2,1H3. The molecule has 1 unspecified atom stereocenters. The van der Waals surface area contributed by atoms with Crippen LogP contribution in [0, 0.1) is 5.82 Å². The Morgan fingerprint density at radius 3 is 2.83 bits per heavy atom. The number of fused-ring (bicyclic) bond motifs is 2. The topological polar surface area (TPSA) is 53.4 Å². The lowest BCUT2D eigenvalue weighted by atomic mass is 9.88. The predicted molar refractivity (Wildman–Crippen MR) is 89.6 cm³/mol. The summed E-state index contributed by atoms with van der Waals surface area (Å²) in [6.07, 6.45) is 1.52. The quantitative estimate of drug-likeness (QED) is 0.747. The van der Waals surface area contributed by atoms with E-state index in [1.165, 1.54) is 17.9 Å². The minimum Gasteiger partial charge on any atom is -0.380 e. The molecule has 5 heteroatoms. The highest BCUT2D eigenvalue weighted by Gasteiger charge is 2.42. The minimum absolute atomic E-state index is 0.0502. The normalized spacial score (nSPS) is 20.3. The van der Waals surface area contributed by atoms with Crippen molar-refractivity contribution in [1.29, 1.82) is 0 Å². The zero-order valence-electron chi connectivity index (χ0n) is 13.0. The summed E-state index contributed by atoms with van der Waals surface area (Å²) >= 11 is 0. The number of aromatic nitrogens is 1. The molecule has 2 heterocycles. The summed E-state index contributed by atoms with van der Waals surface area (Å²) < 4.78 is 14.2. The highest BCUT2D eigenvalue weighted by atomic mass is 19.1. The number of para-hydroxylation sites is 1. The van der Waals surface area contributed by atoms with Crippen molar-refractivity contribution in [2.24, 2.45) is 0 Å². The molecule has 1 aromatic heterocycles. The predicted octanol–water partition coefficient (Wildman–Crippen LogP) is 3.35. The summed E-state index contributed by atoms with van der Waals surface area (Å²) in [5.74, 6) is -0.920. The van der Waals surface area contributed by atoms with E-state index in [2.05, 4.69) is 4.98 Å². The van der Waals surface area contributed by atoms with Gasteiger partial charge in [0.1, 0.15) is 11.4 Å². The number of benzene rings is 2. The van der Waals surface area contributed by atoms with Crippen molar-refractivity contribution in [3.05, 3.63) is 66.1 Å². The van der Waals surface area contributed by atoms with Crippen LogP contribution in [-0.4, -0.2) is 21.6 Å². The van der Waals surface area contributed by atoms with Crippen molar-refractivity contribution in [1.82, 2.24) is 4.98 Å². The number of hydrogen-bond donors (Lipinski definition) is 1. The fraction of sp³-hybridized carbons (Fsp3) is 0.158. The van der Waals surface area contributed by atoms with Crippen LogP contribution in [0.3, 0.4) is 0 Å². The van der Waals surface area contributed by atoms with Crippen molar-refractivity contribution in [2.75, 3.05) is 4.90 Å². The number of hydrogen-bond acceptors (Lipinski definition) is 3. The third-order valence-electron chi connectivity index (χ3n) is 4.35. The number of nitrogens with zero attached hydrogens (tertiary/aromatic N) is 2. The third-order valence-corrected chi connectivity index (χ3v) is 4.35. The van der Waals surface area contributed by atoms with Crippen LogP contribution < -0.4 is 4.90 Å². The zero-order valence-corrected chi connectivity index (χ0v) is 13.0. The van der Waals surface area contributed by atoms with Crippen LogP contribution in [0.25, 0.3) is 10.9 Å². The molecule has 4 nitrogen and oxygen atoms in total. The van der Waals surface area contributed by atoms with Crippen molar-refractivity contribution in [3.63, 3.8) is 0 Å². The van der Waals surface area contributed by atoms with E-state index >= 15 is 0 Å². The number of pyridine rings is 1. The minimum atomic E-state index is -1.67. The van der Waals surface area contributed by atoms with E-state index in [-0.39, 0.29) is 6.42 Å². The first-order chi connectivity index (χ1) is 11.5. The van der Waals surface area contributed by atoms with E-state index in [9.17, 15) is 14.3 Å². The van der Waals surface area contributed by atoms with Gasteiger partial charge >= 0.3 is 0 Å². The van der Waals surface area contributed by atoms with Crippen LogP contribution >= 0.6 is 0 Å². The van der Waals surface area contributed by atoms with E-state index in [1.807, 2.05) is 30.3 Å². The van der Waals surface area contributed by atoms with Crippen molar-refractivity contribution < 1.29 is 14.3 Å². The average molecular weight is 322 g/mol. The van der Waals surface area contributed by atoms with Gasteiger partial charge in [0, 0.05) is 17.4 Å². The van der Waals surface area contributed by atoms with Gasteiger partial charge in [-0.15, -0.1) is 0 Å². The summed E-state index contributed by atoms with van der Waals surface area (Å²) in [7, 11) is 0. The average Bonchev–Trinajstić information content (AvgIpc) is 2.57. The lowest BCUT2D eigenvalue weighted by Crippen LogP contribution is -2.50. The van der Waals surface area contributed by atoms with Gasteiger partial charge in [-0.1, -0.05) is 24.3 Å². The SMILES string of the molecule is CC1(O)Cc2c(F)cccc2N(c2cnc3ccccc3c2)C1=O. The second kappa shape index (κ2) is 5.11. The van der Waals surface area contributed by atoms with E-state index in [1.54, 1.807) is 18.3 Å². The van der Waals surface area contributed by atoms with Crippen LogP contribution in [-0.2, 0) is 11.2 Å². The lowest BCUT2D eigenvalue weighted by Gasteiger charge is -2.37. The van der Waals surface area contributed by atoms with Gasteiger partial charge in [0.2, 0.25) is 0 Å². The Morgan fingerprint density at radius 2 is 2.00 bits per heavy atom. The summed E-state index contributed by atoms with van der Waals surface area (Å²) in [4.78, 5) is 18.5. The van der Waals surface area contributed by atoms with Gasteiger partial charge in [0.05, 0.1) is 23.1 Å². The Morgan fingerprint density at radius 1 is 1.21 bits per heavy atom. The molecule has 1 atom stereocenters. The molecule has 24 heavy (non-hydrogen) atoms. The van der Waals surface area contributed by atoms with Gasteiger partial charge in [0.25, 0.3) is 5.91 Å². The molecular weight excluding hydrogens is 307 g/mol. The molecule has 0 fully saturated rings. The lowest BCUT2D eigenvalue weighted by molar-refractivity contribution is -0.135. The van der Waals surface area contributed by atoms with Crippen LogP contribution in [0.2, 0.25) is 0 Å². The van der Waals surface area contributed by atoms with Gasteiger partial charge in [-0.05, 0) is 31.2 Å². The first-order valence-corrected chi connectivity index (χ1v) is 7.66. The van der Waals surface area contributed by atoms with Crippen LogP contribution in [0.1, 0.15) is 12.5 Å². The molecule has 0 radical (unpaired) electrons. The Labute approximate surface area is 138 Å². The fourth-order valence-corrected chi connectivity index (χ4v) is 3.14. The van der Waals surface area contributed by atoms with E-state index < -0.39 is 17.3 Å². The molecule has 120 valence electrons. The van der Waals surface area contributed by atoms with Crippen molar-refractivity contribution in [3.8, 4) is 0 Å². The van der Waals surface area contributed by atoms with E-state index in [4.69, 9.17) is 0 Å². The molecule has 0 aliphatic carbocycles. The maximum absolute atomic E-state index is 14.2. The number of rotatable bonds is 1. The largest absolute Gasteiger partial charge is 0.380 e. The molecule has 3 aromatic rings. The van der Waals surface area contributed by atoms with E-state index in [0.29, 0.717) is 16.9 Å². The molecule has 1 amide bonds. The molecule has 2 aromatic carbocycles. The van der Waals surface area contributed by atoms with Gasteiger partial charge in [0.15, 0.2) is 0 Å². The van der Waals surface area contributed by atoms with Crippen LogP contribution in [0.5, 0.6) is 0 Å². The number of anilines is 2.